The molecule has 1 heterocycles. The molecule has 2 N–H and O–H groups in total. The second kappa shape index (κ2) is 5.05. The molecule has 0 bridgehead atoms. The van der Waals surface area contributed by atoms with Crippen molar-refractivity contribution in [2.75, 3.05) is 11.9 Å². The van der Waals surface area contributed by atoms with E-state index >= 15 is 0 Å². The Labute approximate surface area is 118 Å². The summed E-state index contributed by atoms with van der Waals surface area (Å²) in [5, 5.41) is 24.4. The molecule has 1 aliphatic rings. The van der Waals surface area contributed by atoms with Gasteiger partial charge in [0.15, 0.2) is 0 Å². The highest BCUT2D eigenvalue weighted by Gasteiger charge is 2.37. The third-order valence-corrected chi connectivity index (χ3v) is 4.21. The molecule has 1 fully saturated rings. The summed E-state index contributed by atoms with van der Waals surface area (Å²) in [5.41, 5.74) is -0.529. The van der Waals surface area contributed by atoms with Crippen LogP contribution in [0.25, 0.3) is 0 Å². The predicted molar refractivity (Wildman–Crippen MR) is 75.6 cm³/mol. The molecule has 1 aliphatic carbocycles. The maximum Gasteiger partial charge on any atom is 0.406 e. The average molecular weight is 282 g/mol. The van der Waals surface area contributed by atoms with Crippen LogP contribution in [0.5, 0.6) is 0 Å². The number of imidazole rings is 1. The van der Waals surface area contributed by atoms with Gasteiger partial charge in [0.05, 0.1) is 5.60 Å². The molecule has 2 rings (SSSR count). The Morgan fingerprint density at radius 1 is 1.45 bits per heavy atom. The van der Waals surface area contributed by atoms with Crippen molar-refractivity contribution in [2.45, 2.75) is 45.1 Å². The second-order valence-corrected chi connectivity index (χ2v) is 6.53. The minimum atomic E-state index is -0.798. The number of hydrogen-bond donors (Lipinski definition) is 2. The molecule has 0 amide bonds. The van der Waals surface area contributed by atoms with Crippen LogP contribution < -0.4 is 5.32 Å². The van der Waals surface area contributed by atoms with Crippen molar-refractivity contribution in [3.05, 3.63) is 16.4 Å². The summed E-state index contributed by atoms with van der Waals surface area (Å²) >= 11 is 0. The maximum absolute atomic E-state index is 10.9. The Morgan fingerprint density at radius 2 is 2.05 bits per heavy atom. The van der Waals surface area contributed by atoms with Crippen LogP contribution in [0, 0.1) is 15.5 Å². The lowest BCUT2D eigenvalue weighted by Gasteiger charge is -2.40. The zero-order chi connectivity index (χ0) is 15.0. The first-order chi connectivity index (χ1) is 9.22. The molecule has 0 radical (unpaired) electrons. The summed E-state index contributed by atoms with van der Waals surface area (Å²) in [5.74, 6) is 0.139. The number of aromatic nitrogens is 2. The molecule has 7 heteroatoms. The Balaban J connectivity index is 2.02. The molecule has 1 saturated carbocycles. The van der Waals surface area contributed by atoms with Crippen LogP contribution in [0.15, 0.2) is 6.33 Å². The Hall–Kier alpha value is -1.63. The number of rotatable bonds is 4. The molecule has 7 nitrogen and oxygen atoms in total. The highest BCUT2D eigenvalue weighted by Crippen LogP contribution is 2.40. The minimum Gasteiger partial charge on any atom is -0.388 e. The van der Waals surface area contributed by atoms with Gasteiger partial charge in [-0.3, -0.25) is 4.57 Å². The molecule has 1 aromatic heterocycles. The van der Waals surface area contributed by atoms with Gasteiger partial charge in [-0.15, -0.1) is 0 Å². The number of nitrogens with one attached hydrogen (secondary N) is 1. The zero-order valence-corrected chi connectivity index (χ0v) is 12.2. The minimum absolute atomic E-state index is 0.202. The first kappa shape index (κ1) is 14.8. The number of hydrogen-bond acceptors (Lipinski definition) is 5. The van der Waals surface area contributed by atoms with Gasteiger partial charge in [-0.05, 0) is 41.0 Å². The van der Waals surface area contributed by atoms with Gasteiger partial charge in [0.1, 0.15) is 0 Å². The predicted octanol–water partition coefficient (Wildman–Crippen LogP) is 2.07. The quantitative estimate of drug-likeness (QED) is 0.651. The van der Waals surface area contributed by atoms with E-state index in [4.69, 9.17) is 0 Å². The summed E-state index contributed by atoms with van der Waals surface area (Å²) in [6.45, 7) is 4.71. The van der Waals surface area contributed by atoms with Gasteiger partial charge in [-0.1, -0.05) is 13.8 Å². The van der Waals surface area contributed by atoms with Crippen molar-refractivity contribution in [3.8, 4) is 0 Å². The normalized spacial score (nSPS) is 20.6. The SMILES string of the molecule is Cn1cnc([N+](=O)[O-])c1NCC1(O)CCC(C)(C)CC1. The van der Waals surface area contributed by atoms with Crippen molar-refractivity contribution in [1.29, 1.82) is 0 Å². The average Bonchev–Trinajstić information content (AvgIpc) is 2.73. The summed E-state index contributed by atoms with van der Waals surface area (Å²) in [6.07, 6.45) is 4.73. The van der Waals surface area contributed by atoms with Gasteiger partial charge in [0.25, 0.3) is 0 Å². The summed E-state index contributed by atoms with van der Waals surface area (Å²) in [4.78, 5) is 14.1. The summed E-state index contributed by atoms with van der Waals surface area (Å²) < 4.78 is 1.56. The van der Waals surface area contributed by atoms with E-state index in [1.807, 2.05) is 0 Å². The van der Waals surface area contributed by atoms with Crippen molar-refractivity contribution >= 4 is 11.6 Å². The molecule has 0 aromatic carbocycles. The number of aryl methyl sites for hydroxylation is 1. The van der Waals surface area contributed by atoms with E-state index in [1.165, 1.54) is 6.33 Å². The molecule has 0 spiro atoms. The van der Waals surface area contributed by atoms with Crippen molar-refractivity contribution in [3.63, 3.8) is 0 Å². The molecule has 0 unspecified atom stereocenters. The van der Waals surface area contributed by atoms with Gasteiger partial charge < -0.3 is 20.5 Å². The maximum atomic E-state index is 10.9. The fourth-order valence-corrected chi connectivity index (χ4v) is 2.57. The first-order valence-corrected chi connectivity index (χ1v) is 6.84. The number of aliphatic hydroxyl groups is 1. The molecule has 20 heavy (non-hydrogen) atoms. The van der Waals surface area contributed by atoms with Gasteiger partial charge in [-0.25, -0.2) is 0 Å². The van der Waals surface area contributed by atoms with E-state index in [0.29, 0.717) is 25.2 Å². The lowest BCUT2D eigenvalue weighted by atomic mass is 9.71. The molecule has 0 aliphatic heterocycles. The van der Waals surface area contributed by atoms with Gasteiger partial charge >= 0.3 is 5.82 Å². The largest absolute Gasteiger partial charge is 0.406 e. The Bertz CT molecular complexity index is 500. The Kier molecular flexibility index (Phi) is 3.73. The van der Waals surface area contributed by atoms with Crippen LogP contribution >= 0.6 is 0 Å². The highest BCUT2D eigenvalue weighted by atomic mass is 16.6. The summed E-state index contributed by atoms with van der Waals surface area (Å²) in [6, 6.07) is 0. The van der Waals surface area contributed by atoms with E-state index in [0.717, 1.165) is 12.8 Å². The third-order valence-electron chi connectivity index (χ3n) is 4.21. The van der Waals surface area contributed by atoms with Crippen LogP contribution in [0.1, 0.15) is 39.5 Å². The summed E-state index contributed by atoms with van der Waals surface area (Å²) in [7, 11) is 1.69. The standard InChI is InChI=1S/C13H22N4O3/c1-12(2)4-6-13(18,7-5-12)8-14-10-11(17(19)20)15-9-16(10)3/h9,14,18H,4-8H2,1-3H3. The lowest BCUT2D eigenvalue weighted by Crippen LogP contribution is -2.42. The van der Waals surface area contributed by atoms with E-state index in [9.17, 15) is 15.2 Å². The van der Waals surface area contributed by atoms with Gasteiger partial charge in [-0.2, -0.15) is 0 Å². The second-order valence-electron chi connectivity index (χ2n) is 6.53. The smallest absolute Gasteiger partial charge is 0.388 e. The van der Waals surface area contributed by atoms with E-state index < -0.39 is 10.5 Å². The first-order valence-electron chi connectivity index (χ1n) is 6.84. The molecular formula is C13H22N4O3. The van der Waals surface area contributed by atoms with Crippen LogP contribution in [-0.4, -0.2) is 31.7 Å². The van der Waals surface area contributed by atoms with Gasteiger partial charge in [0, 0.05) is 13.6 Å². The molecule has 112 valence electrons. The van der Waals surface area contributed by atoms with Crippen LogP contribution in [-0.2, 0) is 7.05 Å². The fraction of sp³-hybridized carbons (Fsp3) is 0.769. The Morgan fingerprint density at radius 3 is 2.60 bits per heavy atom. The molecule has 0 saturated heterocycles. The topological polar surface area (TPSA) is 93.2 Å². The number of nitrogens with zero attached hydrogens (tertiary/aromatic N) is 3. The number of nitro groups is 1. The van der Waals surface area contributed by atoms with E-state index in [2.05, 4.69) is 24.1 Å². The van der Waals surface area contributed by atoms with Gasteiger partial charge in [0.2, 0.25) is 12.1 Å². The monoisotopic (exact) mass is 282 g/mol. The van der Waals surface area contributed by atoms with Crippen LogP contribution in [0.3, 0.4) is 0 Å². The van der Waals surface area contributed by atoms with Crippen molar-refractivity contribution in [2.24, 2.45) is 12.5 Å². The van der Waals surface area contributed by atoms with Crippen LogP contribution in [0.4, 0.5) is 11.6 Å². The fourth-order valence-electron chi connectivity index (χ4n) is 2.57. The molecule has 0 atom stereocenters. The van der Waals surface area contributed by atoms with E-state index in [1.54, 1.807) is 11.6 Å². The van der Waals surface area contributed by atoms with E-state index in [-0.39, 0.29) is 11.2 Å². The lowest BCUT2D eigenvalue weighted by molar-refractivity contribution is -0.388. The number of anilines is 1. The highest BCUT2D eigenvalue weighted by molar-refractivity contribution is 5.52. The van der Waals surface area contributed by atoms with Crippen molar-refractivity contribution < 1.29 is 10.0 Å². The third kappa shape index (κ3) is 3.09. The van der Waals surface area contributed by atoms with Crippen LogP contribution in [0.2, 0.25) is 0 Å². The molecule has 1 aromatic rings. The van der Waals surface area contributed by atoms with Crippen molar-refractivity contribution in [1.82, 2.24) is 9.55 Å². The molecular weight excluding hydrogens is 260 g/mol. The zero-order valence-electron chi connectivity index (χ0n) is 12.2.